The minimum atomic E-state index is -0.492. The van der Waals surface area contributed by atoms with Gasteiger partial charge in [-0.1, -0.05) is 67.2 Å². The first-order valence-corrected chi connectivity index (χ1v) is 12.7. The summed E-state index contributed by atoms with van der Waals surface area (Å²) in [7, 11) is 0. The molecule has 0 saturated heterocycles. The molecule has 7 nitrogen and oxygen atoms in total. The van der Waals surface area contributed by atoms with Crippen LogP contribution in [0, 0.1) is 0 Å². The second-order valence-electron chi connectivity index (χ2n) is 7.95. The summed E-state index contributed by atoms with van der Waals surface area (Å²) in [5.41, 5.74) is 3.00. The summed E-state index contributed by atoms with van der Waals surface area (Å²) in [4.78, 5) is 17.6. The van der Waals surface area contributed by atoms with Gasteiger partial charge in [0.15, 0.2) is 0 Å². The number of carbonyl (C=O) groups excluding carboxylic acids is 1. The number of anilines is 1. The smallest absolute Gasteiger partial charge is 0.338 e. The Morgan fingerprint density at radius 2 is 2.09 bits per heavy atom. The number of hydrogen-bond donors (Lipinski definition) is 1. The maximum atomic E-state index is 13.0. The van der Waals surface area contributed by atoms with Crippen molar-refractivity contribution in [2.75, 3.05) is 17.7 Å². The lowest BCUT2D eigenvalue weighted by atomic mass is 9.96. The zero-order chi connectivity index (χ0) is 24.8. The number of thioether (sulfide) groups is 1. The Morgan fingerprint density at radius 1 is 1.29 bits per heavy atom. The number of hydrogen-bond acceptors (Lipinski definition) is 7. The van der Waals surface area contributed by atoms with Gasteiger partial charge in [-0.15, -0.1) is 5.10 Å². The van der Waals surface area contributed by atoms with Crippen molar-refractivity contribution in [3.05, 3.63) is 88.6 Å². The number of ether oxygens (including phenoxy) is 2. The SMILES string of the molecule is C=CCOC(=O)C1=C(C)Nc2nc(SCCC)nn2C1c1ccc(OCc2cccc(Cl)c2)cc1. The molecule has 1 N–H and O–H groups in total. The molecule has 0 saturated carbocycles. The second kappa shape index (κ2) is 11.5. The molecular weight excluding hydrogens is 484 g/mol. The third-order valence-corrected chi connectivity index (χ3v) is 6.59. The van der Waals surface area contributed by atoms with E-state index < -0.39 is 12.0 Å². The maximum absolute atomic E-state index is 13.0. The fourth-order valence-corrected chi connectivity index (χ4v) is 4.61. The van der Waals surface area contributed by atoms with Gasteiger partial charge >= 0.3 is 5.97 Å². The largest absolute Gasteiger partial charge is 0.489 e. The van der Waals surface area contributed by atoms with Crippen molar-refractivity contribution >= 4 is 35.3 Å². The van der Waals surface area contributed by atoms with Crippen LogP contribution < -0.4 is 10.1 Å². The highest BCUT2D eigenvalue weighted by Crippen LogP contribution is 2.37. The molecule has 9 heteroatoms. The average molecular weight is 511 g/mol. The molecule has 1 unspecified atom stereocenters. The summed E-state index contributed by atoms with van der Waals surface area (Å²) in [5, 5.41) is 9.25. The normalized spacial score (nSPS) is 14.8. The Bertz CT molecular complexity index is 1240. The van der Waals surface area contributed by atoms with Gasteiger partial charge in [0.1, 0.15) is 25.0 Å². The highest BCUT2D eigenvalue weighted by atomic mass is 35.5. The third kappa shape index (κ3) is 5.89. The van der Waals surface area contributed by atoms with Gasteiger partial charge in [0, 0.05) is 16.5 Å². The van der Waals surface area contributed by atoms with Crippen LogP contribution in [0.25, 0.3) is 0 Å². The van der Waals surface area contributed by atoms with E-state index in [1.165, 1.54) is 0 Å². The molecule has 0 amide bonds. The average Bonchev–Trinajstić information content (AvgIpc) is 3.26. The quantitative estimate of drug-likeness (QED) is 0.202. The molecule has 0 fully saturated rings. The van der Waals surface area contributed by atoms with E-state index in [0.717, 1.165) is 23.3 Å². The molecule has 1 aliphatic heterocycles. The van der Waals surface area contributed by atoms with Crippen LogP contribution in [0.2, 0.25) is 5.02 Å². The Balaban J connectivity index is 1.62. The summed E-state index contributed by atoms with van der Waals surface area (Å²) >= 11 is 7.65. The lowest BCUT2D eigenvalue weighted by molar-refractivity contribution is -0.138. The third-order valence-electron chi connectivity index (χ3n) is 5.31. The van der Waals surface area contributed by atoms with Gasteiger partial charge in [-0.2, -0.15) is 4.98 Å². The number of benzene rings is 2. The summed E-state index contributed by atoms with van der Waals surface area (Å²) in [5.74, 6) is 1.78. The summed E-state index contributed by atoms with van der Waals surface area (Å²) in [6.45, 7) is 8.11. The van der Waals surface area contributed by atoms with Crippen LogP contribution in [0.3, 0.4) is 0 Å². The van der Waals surface area contributed by atoms with Crippen LogP contribution in [-0.4, -0.2) is 33.1 Å². The predicted molar refractivity (Wildman–Crippen MR) is 139 cm³/mol. The Morgan fingerprint density at radius 3 is 2.80 bits per heavy atom. The predicted octanol–water partition coefficient (Wildman–Crippen LogP) is 6.03. The Hall–Kier alpha value is -3.23. The van der Waals surface area contributed by atoms with E-state index in [1.54, 1.807) is 22.5 Å². The Labute approximate surface area is 214 Å². The molecule has 4 rings (SSSR count). The van der Waals surface area contributed by atoms with E-state index in [2.05, 4.69) is 23.8 Å². The maximum Gasteiger partial charge on any atom is 0.338 e. The van der Waals surface area contributed by atoms with E-state index in [1.807, 2.05) is 55.5 Å². The van der Waals surface area contributed by atoms with E-state index in [9.17, 15) is 4.79 Å². The van der Waals surface area contributed by atoms with Gasteiger partial charge in [-0.05, 0) is 48.7 Å². The van der Waals surface area contributed by atoms with Crippen LogP contribution >= 0.6 is 23.4 Å². The number of fused-ring (bicyclic) bond motifs is 1. The molecule has 0 spiro atoms. The number of aromatic nitrogens is 3. The lowest BCUT2D eigenvalue weighted by Crippen LogP contribution is -2.29. The van der Waals surface area contributed by atoms with Gasteiger partial charge in [-0.25, -0.2) is 9.48 Å². The van der Waals surface area contributed by atoms with Gasteiger partial charge in [-0.3, -0.25) is 0 Å². The molecular formula is C26H27ClN4O3S. The molecule has 0 radical (unpaired) electrons. The summed E-state index contributed by atoms with van der Waals surface area (Å²) in [6, 6.07) is 14.7. The van der Waals surface area contributed by atoms with Gasteiger partial charge < -0.3 is 14.8 Å². The molecule has 0 bridgehead atoms. The van der Waals surface area contributed by atoms with E-state index in [4.69, 9.17) is 26.2 Å². The molecule has 35 heavy (non-hydrogen) atoms. The Kier molecular flexibility index (Phi) is 8.15. The molecule has 1 aliphatic rings. The fourth-order valence-electron chi connectivity index (χ4n) is 3.71. The number of carbonyl (C=O) groups is 1. The van der Waals surface area contributed by atoms with E-state index >= 15 is 0 Å². The monoisotopic (exact) mass is 510 g/mol. The first-order chi connectivity index (χ1) is 17.0. The molecule has 1 atom stereocenters. The van der Waals surface area contributed by atoms with Gasteiger partial charge in [0.25, 0.3) is 0 Å². The van der Waals surface area contributed by atoms with Gasteiger partial charge in [0.2, 0.25) is 11.1 Å². The van der Waals surface area contributed by atoms with Crippen molar-refractivity contribution in [1.82, 2.24) is 14.8 Å². The van der Waals surface area contributed by atoms with Crippen molar-refractivity contribution in [1.29, 1.82) is 0 Å². The highest BCUT2D eigenvalue weighted by Gasteiger charge is 2.35. The van der Waals surface area contributed by atoms with Crippen LogP contribution in [0.5, 0.6) is 5.75 Å². The molecule has 3 aromatic rings. The zero-order valence-electron chi connectivity index (χ0n) is 19.7. The molecule has 2 heterocycles. The number of rotatable bonds is 10. The molecule has 182 valence electrons. The van der Waals surface area contributed by atoms with Crippen LogP contribution in [-0.2, 0) is 16.1 Å². The van der Waals surface area contributed by atoms with Crippen molar-refractivity contribution in [3.63, 3.8) is 0 Å². The topological polar surface area (TPSA) is 78.3 Å². The number of allylic oxidation sites excluding steroid dienone is 1. The van der Waals surface area contributed by atoms with Crippen LogP contribution in [0.1, 0.15) is 37.4 Å². The second-order valence-corrected chi connectivity index (χ2v) is 9.45. The van der Waals surface area contributed by atoms with Crippen molar-refractivity contribution in [2.24, 2.45) is 0 Å². The standard InChI is InChI=1S/C26H27ClN4O3S/c1-4-13-33-24(32)22-17(3)28-25-29-26(35-14-5-2)30-31(25)23(22)19-9-11-21(12-10-19)34-16-18-7-6-8-20(27)15-18/h4,6-12,15,23H,1,5,13-14,16H2,2-3H3,(H,28,29,30). The lowest BCUT2D eigenvalue weighted by Gasteiger charge is -2.28. The van der Waals surface area contributed by atoms with Crippen molar-refractivity contribution in [3.8, 4) is 5.75 Å². The summed E-state index contributed by atoms with van der Waals surface area (Å²) in [6.07, 6.45) is 2.56. The molecule has 1 aromatic heterocycles. The molecule has 0 aliphatic carbocycles. The van der Waals surface area contributed by atoms with Crippen LogP contribution in [0.4, 0.5) is 5.95 Å². The number of esters is 1. The zero-order valence-corrected chi connectivity index (χ0v) is 21.2. The van der Waals surface area contributed by atoms with Crippen LogP contribution in [0.15, 0.2) is 77.6 Å². The highest BCUT2D eigenvalue weighted by molar-refractivity contribution is 7.99. The minimum Gasteiger partial charge on any atom is -0.489 e. The van der Waals surface area contributed by atoms with E-state index in [-0.39, 0.29) is 6.61 Å². The first-order valence-electron chi connectivity index (χ1n) is 11.3. The number of nitrogens with one attached hydrogen (secondary N) is 1. The summed E-state index contributed by atoms with van der Waals surface area (Å²) < 4.78 is 13.1. The van der Waals surface area contributed by atoms with Crippen molar-refractivity contribution < 1.29 is 14.3 Å². The van der Waals surface area contributed by atoms with Crippen molar-refractivity contribution in [2.45, 2.75) is 38.1 Å². The minimum absolute atomic E-state index is 0.125. The van der Waals surface area contributed by atoms with Gasteiger partial charge in [0.05, 0.1) is 5.57 Å². The first kappa shape index (κ1) is 24.9. The molecule has 2 aromatic carbocycles. The number of halogens is 1. The van der Waals surface area contributed by atoms with E-state index in [0.29, 0.717) is 39.8 Å². The fraction of sp³-hybridized carbons (Fsp3) is 0.269. The number of nitrogens with zero attached hydrogens (tertiary/aromatic N) is 3.